The third-order valence-electron chi connectivity index (χ3n) is 6.06. The molecule has 0 aliphatic carbocycles. The third-order valence-corrected chi connectivity index (χ3v) is 6.06. The van der Waals surface area contributed by atoms with Gasteiger partial charge in [-0.15, -0.1) is 0 Å². The number of benzene rings is 1. The minimum absolute atomic E-state index is 0.172. The number of fused-ring (bicyclic) bond motifs is 2. The van der Waals surface area contributed by atoms with Crippen molar-refractivity contribution in [2.24, 2.45) is 0 Å². The Bertz CT molecular complexity index is 909. The largest absolute Gasteiger partial charge is 0.448 e. The van der Waals surface area contributed by atoms with E-state index in [9.17, 15) is 4.79 Å². The molecule has 2 saturated heterocycles. The fourth-order valence-corrected chi connectivity index (χ4v) is 4.49. The number of rotatable bonds is 3. The minimum Gasteiger partial charge on any atom is -0.448 e. The molecule has 5 rings (SSSR count). The number of amides is 1. The highest BCUT2D eigenvalue weighted by molar-refractivity contribution is 5.81. The van der Waals surface area contributed by atoms with E-state index in [1.165, 1.54) is 22.3 Å². The fraction of sp³-hybridized carbons (Fsp3) is 0.476. The van der Waals surface area contributed by atoms with Gasteiger partial charge in [-0.2, -0.15) is 5.10 Å². The van der Waals surface area contributed by atoms with Crippen LogP contribution in [0.4, 0.5) is 4.79 Å². The summed E-state index contributed by atoms with van der Waals surface area (Å²) < 4.78 is 7.07. The fourth-order valence-electron chi connectivity index (χ4n) is 4.49. The zero-order chi connectivity index (χ0) is 18.9. The van der Waals surface area contributed by atoms with Crippen LogP contribution >= 0.6 is 0 Å². The number of hydrogen-bond donors (Lipinski definition) is 0. The van der Waals surface area contributed by atoms with Crippen molar-refractivity contribution in [3.05, 3.63) is 53.1 Å². The highest BCUT2D eigenvalue weighted by Crippen LogP contribution is 2.35. The van der Waals surface area contributed by atoms with Gasteiger partial charge in [0.05, 0.1) is 6.54 Å². The molecule has 4 heterocycles. The van der Waals surface area contributed by atoms with Gasteiger partial charge in [0.15, 0.2) is 5.82 Å². The molecule has 1 aromatic heterocycles. The summed E-state index contributed by atoms with van der Waals surface area (Å²) in [5, 5.41) is 4.45. The van der Waals surface area contributed by atoms with Crippen LogP contribution in [0.1, 0.15) is 29.8 Å². The van der Waals surface area contributed by atoms with Crippen LogP contribution in [0, 0.1) is 0 Å². The monoisotopic (exact) mass is 379 g/mol. The van der Waals surface area contributed by atoms with Crippen LogP contribution in [-0.2, 0) is 17.7 Å². The number of piperidine rings is 1. The third kappa shape index (κ3) is 3.20. The average molecular weight is 379 g/mol. The number of carbonyl (C=O) groups is 1. The summed E-state index contributed by atoms with van der Waals surface area (Å²) in [6.45, 7) is 5.80. The summed E-state index contributed by atoms with van der Waals surface area (Å²) in [7, 11) is 0. The van der Waals surface area contributed by atoms with E-state index in [0.29, 0.717) is 13.2 Å². The van der Waals surface area contributed by atoms with Gasteiger partial charge in [0.1, 0.15) is 12.9 Å². The molecule has 7 nitrogen and oxygen atoms in total. The first-order chi connectivity index (χ1) is 13.8. The lowest BCUT2D eigenvalue weighted by molar-refractivity contribution is 0.152. The molecule has 2 aromatic rings. The van der Waals surface area contributed by atoms with Crippen molar-refractivity contribution in [2.45, 2.75) is 25.8 Å². The van der Waals surface area contributed by atoms with Gasteiger partial charge in [-0.05, 0) is 30.4 Å². The Kier molecular flexibility index (Phi) is 4.60. The maximum absolute atomic E-state index is 11.6. The second-order valence-electron chi connectivity index (χ2n) is 7.64. The molecule has 0 radical (unpaired) electrons. The standard InChI is InChI=1S/C21H25N5O2/c27-21-25(13-14-28-21)12-11-24-8-5-17(6-9-24)19-18-4-2-1-3-16(18)7-10-26-20(19)22-15-23-26/h1-4,15H,5-14H2. The molecule has 28 heavy (non-hydrogen) atoms. The Labute approximate surface area is 164 Å². The van der Waals surface area contributed by atoms with E-state index in [0.717, 1.165) is 57.8 Å². The number of ether oxygens (including phenoxy) is 1. The van der Waals surface area contributed by atoms with E-state index in [-0.39, 0.29) is 6.09 Å². The number of hydrogen-bond acceptors (Lipinski definition) is 5. The summed E-state index contributed by atoms with van der Waals surface area (Å²) in [6.07, 6.45) is 4.55. The van der Waals surface area contributed by atoms with Crippen LogP contribution in [0.2, 0.25) is 0 Å². The molecule has 0 saturated carbocycles. The van der Waals surface area contributed by atoms with Gasteiger partial charge in [-0.3, -0.25) is 0 Å². The van der Waals surface area contributed by atoms with Crippen LogP contribution in [-0.4, -0.2) is 70.0 Å². The summed E-state index contributed by atoms with van der Waals surface area (Å²) in [5.74, 6) is 1.01. The lowest BCUT2D eigenvalue weighted by atomic mass is 9.90. The first-order valence-corrected chi connectivity index (χ1v) is 10.1. The number of aromatic nitrogens is 3. The predicted molar refractivity (Wildman–Crippen MR) is 105 cm³/mol. The highest BCUT2D eigenvalue weighted by Gasteiger charge is 2.26. The number of carbonyl (C=O) groups excluding carboxylic acids is 1. The van der Waals surface area contributed by atoms with Gasteiger partial charge in [0.2, 0.25) is 0 Å². The van der Waals surface area contributed by atoms with Crippen LogP contribution in [0.25, 0.3) is 5.57 Å². The van der Waals surface area contributed by atoms with Crippen molar-refractivity contribution >= 4 is 11.7 Å². The molecule has 1 aromatic carbocycles. The SMILES string of the molecule is O=C1OCCN1CCN1CCC(=C2c3ccccc3CCn3ncnc32)CC1. The van der Waals surface area contributed by atoms with E-state index >= 15 is 0 Å². The van der Waals surface area contributed by atoms with Gasteiger partial charge in [-0.1, -0.05) is 29.8 Å². The Balaban J connectivity index is 1.36. The smallest absolute Gasteiger partial charge is 0.409 e. The summed E-state index contributed by atoms with van der Waals surface area (Å²) in [6, 6.07) is 8.70. The van der Waals surface area contributed by atoms with Gasteiger partial charge < -0.3 is 14.5 Å². The first-order valence-electron chi connectivity index (χ1n) is 10.1. The van der Waals surface area contributed by atoms with E-state index in [2.05, 4.69) is 39.2 Å². The molecule has 0 N–H and O–H groups in total. The molecule has 0 bridgehead atoms. The predicted octanol–water partition coefficient (Wildman–Crippen LogP) is 2.18. The molecule has 3 aliphatic heterocycles. The first kappa shape index (κ1) is 17.4. The van der Waals surface area contributed by atoms with Crippen LogP contribution in [0.3, 0.4) is 0 Å². The molecule has 1 amide bonds. The van der Waals surface area contributed by atoms with Crippen molar-refractivity contribution in [3.8, 4) is 0 Å². The molecular weight excluding hydrogens is 354 g/mol. The topological polar surface area (TPSA) is 63.5 Å². The molecule has 3 aliphatic rings. The Morgan fingerprint density at radius 1 is 1.00 bits per heavy atom. The summed E-state index contributed by atoms with van der Waals surface area (Å²) >= 11 is 0. The van der Waals surface area contributed by atoms with Crippen LogP contribution in [0.15, 0.2) is 36.2 Å². The van der Waals surface area contributed by atoms with E-state index in [1.54, 1.807) is 11.2 Å². The van der Waals surface area contributed by atoms with E-state index in [4.69, 9.17) is 4.74 Å². The van der Waals surface area contributed by atoms with Gasteiger partial charge in [0, 0.05) is 38.3 Å². The lowest BCUT2D eigenvalue weighted by Crippen LogP contribution is -2.38. The molecular formula is C21H25N5O2. The minimum atomic E-state index is -0.172. The number of aryl methyl sites for hydroxylation is 2. The average Bonchev–Trinajstić information content (AvgIpc) is 3.32. The normalized spacial score (nSPS) is 20.0. The summed E-state index contributed by atoms with van der Waals surface area (Å²) in [5.41, 5.74) is 5.46. The van der Waals surface area contributed by atoms with Gasteiger partial charge in [0.25, 0.3) is 0 Å². The molecule has 0 atom stereocenters. The molecule has 0 unspecified atom stereocenters. The van der Waals surface area contributed by atoms with Crippen molar-refractivity contribution in [2.75, 3.05) is 39.3 Å². The lowest BCUT2D eigenvalue weighted by Gasteiger charge is -2.30. The zero-order valence-electron chi connectivity index (χ0n) is 16.0. The molecule has 0 spiro atoms. The maximum atomic E-state index is 11.6. The van der Waals surface area contributed by atoms with Crippen LogP contribution < -0.4 is 0 Å². The van der Waals surface area contributed by atoms with E-state index in [1.807, 2.05) is 4.68 Å². The van der Waals surface area contributed by atoms with Crippen molar-refractivity contribution in [1.82, 2.24) is 24.6 Å². The zero-order valence-corrected chi connectivity index (χ0v) is 16.0. The Morgan fingerprint density at radius 2 is 1.86 bits per heavy atom. The molecule has 2 fully saturated rings. The van der Waals surface area contributed by atoms with Crippen molar-refractivity contribution in [1.29, 1.82) is 0 Å². The Hall–Kier alpha value is -2.67. The highest BCUT2D eigenvalue weighted by atomic mass is 16.6. The van der Waals surface area contributed by atoms with Gasteiger partial charge in [-0.25, -0.2) is 14.5 Å². The van der Waals surface area contributed by atoms with Gasteiger partial charge >= 0.3 is 6.09 Å². The number of likely N-dealkylation sites (tertiary alicyclic amines) is 1. The van der Waals surface area contributed by atoms with Crippen molar-refractivity contribution < 1.29 is 9.53 Å². The maximum Gasteiger partial charge on any atom is 0.409 e. The Morgan fingerprint density at radius 3 is 2.68 bits per heavy atom. The number of cyclic esters (lactones) is 1. The second-order valence-corrected chi connectivity index (χ2v) is 7.64. The summed E-state index contributed by atoms with van der Waals surface area (Å²) in [4.78, 5) is 20.5. The molecule has 146 valence electrons. The number of nitrogens with zero attached hydrogens (tertiary/aromatic N) is 5. The van der Waals surface area contributed by atoms with E-state index < -0.39 is 0 Å². The van der Waals surface area contributed by atoms with Crippen LogP contribution in [0.5, 0.6) is 0 Å². The quantitative estimate of drug-likeness (QED) is 0.818. The second kappa shape index (κ2) is 7.39. The molecule has 7 heteroatoms. The van der Waals surface area contributed by atoms with Crippen molar-refractivity contribution in [3.63, 3.8) is 0 Å².